The summed E-state index contributed by atoms with van der Waals surface area (Å²) in [6, 6.07) is 14.5. The first-order valence-corrected chi connectivity index (χ1v) is 8.17. The lowest BCUT2D eigenvalue weighted by Gasteiger charge is -2.03. The topological polar surface area (TPSA) is 38.7 Å². The number of nitrogens with zero attached hydrogens (tertiary/aromatic N) is 3. The van der Waals surface area contributed by atoms with Crippen LogP contribution in [0.2, 0.25) is 0 Å². The second-order valence-corrected chi connectivity index (χ2v) is 6.54. The van der Waals surface area contributed by atoms with E-state index in [1.807, 2.05) is 43.0 Å². The first kappa shape index (κ1) is 12.7. The van der Waals surface area contributed by atoms with Crippen LogP contribution < -0.4 is 0 Å². The average Bonchev–Trinajstić information content (AvgIpc) is 2.99. The summed E-state index contributed by atoms with van der Waals surface area (Å²) >= 11 is 1.75. The lowest BCUT2D eigenvalue weighted by Crippen LogP contribution is -1.87. The maximum atomic E-state index is 4.61. The second-order valence-electron chi connectivity index (χ2n) is 5.46. The third-order valence-electron chi connectivity index (χ3n) is 4.05. The molecule has 0 fully saturated rings. The van der Waals surface area contributed by atoms with Crippen LogP contribution in [0, 0.1) is 0 Å². The van der Waals surface area contributed by atoms with Gasteiger partial charge in [-0.1, -0.05) is 24.3 Å². The predicted octanol–water partition coefficient (Wildman–Crippen LogP) is 5.06. The van der Waals surface area contributed by atoms with Crippen molar-refractivity contribution < 1.29 is 0 Å². The Morgan fingerprint density at radius 2 is 1.52 bits per heavy atom. The number of benzene rings is 1. The fraction of sp³-hybridized carbons (Fsp3) is 0. The molecule has 5 rings (SSSR count). The van der Waals surface area contributed by atoms with Crippen molar-refractivity contribution in [3.8, 4) is 11.4 Å². The van der Waals surface area contributed by atoms with Crippen LogP contribution in [0.5, 0.6) is 0 Å². The lowest BCUT2D eigenvalue weighted by molar-refractivity contribution is 1.28. The molecule has 0 atom stereocenters. The maximum Gasteiger partial charge on any atom is 0.0893 e. The van der Waals surface area contributed by atoms with Crippen LogP contribution >= 0.6 is 11.3 Å². The molecule has 4 heterocycles. The summed E-state index contributed by atoms with van der Waals surface area (Å²) in [4.78, 5) is 13.4. The van der Waals surface area contributed by atoms with Crippen molar-refractivity contribution in [3.63, 3.8) is 0 Å². The summed E-state index contributed by atoms with van der Waals surface area (Å²) in [5, 5.41) is 4.69. The van der Waals surface area contributed by atoms with Crippen molar-refractivity contribution in [1.29, 1.82) is 0 Å². The Balaban J connectivity index is 1.76. The first-order valence-electron chi connectivity index (χ1n) is 7.36. The second kappa shape index (κ2) is 4.83. The van der Waals surface area contributed by atoms with E-state index in [1.165, 1.54) is 25.6 Å². The molecular weight excluding hydrogens is 302 g/mol. The molecule has 0 saturated carbocycles. The van der Waals surface area contributed by atoms with Crippen molar-refractivity contribution >= 4 is 42.3 Å². The van der Waals surface area contributed by atoms with Gasteiger partial charge in [0.1, 0.15) is 0 Å². The molecule has 4 heteroatoms. The van der Waals surface area contributed by atoms with Crippen molar-refractivity contribution in [1.82, 2.24) is 15.0 Å². The summed E-state index contributed by atoms with van der Waals surface area (Å²) in [5.41, 5.74) is 1.79. The van der Waals surface area contributed by atoms with Crippen LogP contribution in [0.1, 0.15) is 0 Å². The molecule has 0 N–H and O–H groups in total. The van der Waals surface area contributed by atoms with E-state index in [4.69, 9.17) is 0 Å². The molecule has 0 spiro atoms. The van der Waals surface area contributed by atoms with E-state index in [0.717, 1.165) is 16.8 Å². The number of aromatic nitrogens is 3. The molecule has 0 unspecified atom stereocenters. The minimum Gasteiger partial charge on any atom is -0.264 e. The number of thiophene rings is 1. The van der Waals surface area contributed by atoms with E-state index in [-0.39, 0.29) is 0 Å². The van der Waals surface area contributed by atoms with Gasteiger partial charge in [-0.2, -0.15) is 0 Å². The van der Waals surface area contributed by atoms with Gasteiger partial charge in [0.2, 0.25) is 0 Å². The molecule has 4 aromatic heterocycles. The van der Waals surface area contributed by atoms with E-state index in [9.17, 15) is 0 Å². The number of hydrogen-bond acceptors (Lipinski definition) is 4. The monoisotopic (exact) mass is 313 g/mol. The quantitative estimate of drug-likeness (QED) is 0.434. The summed E-state index contributed by atoms with van der Waals surface area (Å²) < 4.78 is 2.41. The summed E-state index contributed by atoms with van der Waals surface area (Å²) in [6.45, 7) is 0. The predicted molar refractivity (Wildman–Crippen MR) is 95.7 cm³/mol. The number of pyridine rings is 3. The van der Waals surface area contributed by atoms with E-state index in [0.29, 0.717) is 0 Å². The zero-order valence-corrected chi connectivity index (χ0v) is 12.9. The van der Waals surface area contributed by atoms with Gasteiger partial charge in [-0.25, -0.2) is 0 Å². The number of fused-ring (bicyclic) bond motifs is 4. The fourth-order valence-corrected chi connectivity index (χ4v) is 3.91. The smallest absolute Gasteiger partial charge is 0.0893 e. The van der Waals surface area contributed by atoms with Gasteiger partial charge < -0.3 is 0 Å². The van der Waals surface area contributed by atoms with Crippen LogP contribution in [-0.4, -0.2) is 15.0 Å². The van der Waals surface area contributed by atoms with Crippen LogP contribution in [0.15, 0.2) is 67.3 Å². The SMILES string of the molecule is c1ccc2cc(-c3cc4c(cn3)sc3ccncc34)ncc2c1. The lowest BCUT2D eigenvalue weighted by atomic mass is 10.1. The van der Waals surface area contributed by atoms with Crippen LogP contribution in [-0.2, 0) is 0 Å². The molecule has 0 aliphatic carbocycles. The normalized spacial score (nSPS) is 11.5. The highest BCUT2D eigenvalue weighted by Crippen LogP contribution is 2.34. The number of rotatable bonds is 1. The molecule has 23 heavy (non-hydrogen) atoms. The molecule has 0 amide bonds. The van der Waals surface area contributed by atoms with Gasteiger partial charge in [-0.15, -0.1) is 11.3 Å². The van der Waals surface area contributed by atoms with Gasteiger partial charge in [0.05, 0.1) is 16.1 Å². The van der Waals surface area contributed by atoms with Gasteiger partial charge in [0.15, 0.2) is 0 Å². The molecule has 0 aliphatic rings. The zero-order valence-electron chi connectivity index (χ0n) is 12.1. The fourth-order valence-electron chi connectivity index (χ4n) is 2.89. The summed E-state index contributed by atoms with van der Waals surface area (Å²) in [5.74, 6) is 0. The van der Waals surface area contributed by atoms with Crippen molar-refractivity contribution in [2.45, 2.75) is 0 Å². The largest absolute Gasteiger partial charge is 0.264 e. The summed E-state index contributed by atoms with van der Waals surface area (Å²) in [7, 11) is 0. The minimum atomic E-state index is 0.895. The van der Waals surface area contributed by atoms with Crippen LogP contribution in [0.4, 0.5) is 0 Å². The first-order chi connectivity index (χ1) is 11.4. The van der Waals surface area contributed by atoms with Crippen LogP contribution in [0.3, 0.4) is 0 Å². The zero-order chi connectivity index (χ0) is 15.2. The highest BCUT2D eigenvalue weighted by atomic mass is 32.1. The maximum absolute atomic E-state index is 4.61. The van der Waals surface area contributed by atoms with E-state index < -0.39 is 0 Å². The molecule has 108 valence electrons. The molecule has 0 radical (unpaired) electrons. The molecular formula is C19H11N3S. The Morgan fingerprint density at radius 1 is 0.696 bits per heavy atom. The molecule has 0 aliphatic heterocycles. The third kappa shape index (κ3) is 1.99. The molecule has 3 nitrogen and oxygen atoms in total. The standard InChI is InChI=1S/C19H11N3S/c1-2-4-13-9-21-16(7-12(13)3-1)17-8-14-15-10-20-6-5-18(15)23-19(14)11-22-17/h1-11H. The van der Waals surface area contributed by atoms with Gasteiger partial charge in [0.25, 0.3) is 0 Å². The summed E-state index contributed by atoms with van der Waals surface area (Å²) in [6.07, 6.45) is 7.60. The van der Waals surface area contributed by atoms with Crippen LogP contribution in [0.25, 0.3) is 42.3 Å². The Labute approximate surface area is 136 Å². The Bertz CT molecular complexity index is 1180. The van der Waals surface area contributed by atoms with E-state index in [2.05, 4.69) is 39.2 Å². The molecule has 5 aromatic rings. The van der Waals surface area contributed by atoms with E-state index >= 15 is 0 Å². The Kier molecular flexibility index (Phi) is 2.66. The van der Waals surface area contributed by atoms with Gasteiger partial charge in [0, 0.05) is 45.6 Å². The van der Waals surface area contributed by atoms with Gasteiger partial charge in [-0.3, -0.25) is 15.0 Å². The van der Waals surface area contributed by atoms with Crippen molar-refractivity contribution in [3.05, 3.63) is 67.3 Å². The number of hydrogen-bond donors (Lipinski definition) is 0. The average molecular weight is 313 g/mol. The van der Waals surface area contributed by atoms with Crippen molar-refractivity contribution in [2.75, 3.05) is 0 Å². The van der Waals surface area contributed by atoms with Gasteiger partial charge >= 0.3 is 0 Å². The highest BCUT2D eigenvalue weighted by Gasteiger charge is 2.09. The van der Waals surface area contributed by atoms with E-state index in [1.54, 1.807) is 11.3 Å². The third-order valence-corrected chi connectivity index (χ3v) is 5.17. The highest BCUT2D eigenvalue weighted by molar-refractivity contribution is 7.25. The molecule has 1 aromatic carbocycles. The molecule has 0 saturated heterocycles. The Morgan fingerprint density at radius 3 is 2.48 bits per heavy atom. The van der Waals surface area contributed by atoms with Crippen molar-refractivity contribution in [2.24, 2.45) is 0 Å². The molecule has 0 bridgehead atoms. The minimum absolute atomic E-state index is 0.895. The van der Waals surface area contributed by atoms with Gasteiger partial charge in [-0.05, 0) is 23.6 Å². The Hall–Kier alpha value is -2.85.